The largest absolute Gasteiger partial charge is 0.207 e. The molecule has 0 saturated carbocycles. The maximum absolute atomic E-state index is 13.3. The molecule has 0 aliphatic carbocycles. The summed E-state index contributed by atoms with van der Waals surface area (Å²) < 4.78 is 39.7. The Morgan fingerprint density at radius 1 is 0.359 bits per heavy atom. The molecule has 0 N–H and O–H groups in total. The second-order valence-corrected chi connectivity index (χ2v) is 12.3. The van der Waals surface area contributed by atoms with Crippen LogP contribution in [0.15, 0.2) is 54.6 Å². The van der Waals surface area contributed by atoms with Crippen LogP contribution in [0.5, 0.6) is 0 Å². The topological polar surface area (TPSA) is 0 Å². The van der Waals surface area contributed by atoms with Crippen LogP contribution in [0.1, 0.15) is 152 Å². The van der Waals surface area contributed by atoms with Crippen molar-refractivity contribution < 1.29 is 13.2 Å². The molecule has 0 saturated heterocycles. The Balaban J connectivity index is 0.000000292. The van der Waals surface area contributed by atoms with Gasteiger partial charge in [0.25, 0.3) is 0 Å². The highest BCUT2D eigenvalue weighted by Gasteiger charge is 2.10. The van der Waals surface area contributed by atoms with Gasteiger partial charge in [0.05, 0.1) is 0 Å². The maximum Gasteiger partial charge on any atom is 0.126 e. The molecule has 0 radical (unpaired) electrons. The average molecular weight is 541 g/mol. The smallest absolute Gasteiger partial charge is 0.126 e. The number of benzene rings is 3. The van der Waals surface area contributed by atoms with Crippen LogP contribution in [0, 0.1) is 17.5 Å². The van der Waals surface area contributed by atoms with E-state index in [-0.39, 0.29) is 29.3 Å². The van der Waals surface area contributed by atoms with Crippen LogP contribution >= 0.6 is 0 Å². The van der Waals surface area contributed by atoms with E-state index in [0.717, 1.165) is 22.3 Å². The number of halogens is 3. The van der Waals surface area contributed by atoms with Crippen LogP contribution in [0.4, 0.5) is 13.2 Å². The standard InChI is InChI=1S/3C12H17F/c1-8(2)10-5-11(9(3)4)7-12(13)6-10;2*1-8(2)10-5-6-12(13)11(7-10)9(3)4/h3*5-9H,1-4H3. The molecule has 3 rings (SSSR count). The molecule has 0 spiro atoms. The van der Waals surface area contributed by atoms with Crippen molar-refractivity contribution in [2.45, 2.75) is 119 Å². The van der Waals surface area contributed by atoms with Gasteiger partial charge in [-0.3, -0.25) is 0 Å². The predicted molar refractivity (Wildman–Crippen MR) is 164 cm³/mol. The van der Waals surface area contributed by atoms with Crippen molar-refractivity contribution in [3.05, 3.63) is 105 Å². The molecule has 0 fully saturated rings. The third kappa shape index (κ3) is 11.2. The van der Waals surface area contributed by atoms with E-state index in [0.29, 0.717) is 23.7 Å². The van der Waals surface area contributed by atoms with Crippen LogP contribution in [0.3, 0.4) is 0 Å². The highest BCUT2D eigenvalue weighted by molar-refractivity contribution is 5.30. The molecular formula is C36H51F3. The lowest BCUT2D eigenvalue weighted by Gasteiger charge is -2.11. The average Bonchev–Trinajstić information content (AvgIpc) is 2.84. The summed E-state index contributed by atoms with van der Waals surface area (Å²) in [4.78, 5) is 0. The van der Waals surface area contributed by atoms with E-state index in [1.165, 1.54) is 11.1 Å². The number of hydrogen-bond acceptors (Lipinski definition) is 0. The summed E-state index contributed by atoms with van der Waals surface area (Å²) in [5.41, 5.74) is 6.25. The molecule has 3 heteroatoms. The Labute approximate surface area is 237 Å². The number of hydrogen-bond donors (Lipinski definition) is 0. The fraction of sp³-hybridized carbons (Fsp3) is 0.500. The Morgan fingerprint density at radius 3 is 0.923 bits per heavy atom. The van der Waals surface area contributed by atoms with Gasteiger partial charge in [0, 0.05) is 0 Å². The van der Waals surface area contributed by atoms with Gasteiger partial charge in [-0.2, -0.15) is 0 Å². The van der Waals surface area contributed by atoms with Crippen LogP contribution in [-0.4, -0.2) is 0 Å². The van der Waals surface area contributed by atoms with Crippen molar-refractivity contribution in [2.75, 3.05) is 0 Å². The molecule has 0 heterocycles. The van der Waals surface area contributed by atoms with E-state index < -0.39 is 0 Å². The first-order valence-corrected chi connectivity index (χ1v) is 14.4. The summed E-state index contributed by atoms with van der Waals surface area (Å²) in [6, 6.07) is 16.2. The number of rotatable bonds is 6. The van der Waals surface area contributed by atoms with Crippen molar-refractivity contribution in [3.8, 4) is 0 Å². The van der Waals surface area contributed by atoms with Crippen LogP contribution in [0.25, 0.3) is 0 Å². The molecule has 0 aliphatic heterocycles. The molecule has 0 amide bonds. The minimum Gasteiger partial charge on any atom is -0.207 e. The summed E-state index contributed by atoms with van der Waals surface area (Å²) in [6.07, 6.45) is 0. The van der Waals surface area contributed by atoms with Gasteiger partial charge in [0.15, 0.2) is 0 Å². The minimum absolute atomic E-state index is 0.0839. The van der Waals surface area contributed by atoms with E-state index >= 15 is 0 Å². The molecule has 0 nitrogen and oxygen atoms in total. The van der Waals surface area contributed by atoms with Gasteiger partial charge in [-0.15, -0.1) is 0 Å². The van der Waals surface area contributed by atoms with E-state index in [9.17, 15) is 13.2 Å². The van der Waals surface area contributed by atoms with Crippen molar-refractivity contribution in [1.82, 2.24) is 0 Å². The molecule has 0 unspecified atom stereocenters. The normalized spacial score (nSPS) is 11.3. The molecular weight excluding hydrogens is 489 g/mol. The van der Waals surface area contributed by atoms with Gasteiger partial charge in [0.1, 0.15) is 17.5 Å². The highest BCUT2D eigenvalue weighted by Crippen LogP contribution is 2.25. The highest BCUT2D eigenvalue weighted by atomic mass is 19.1. The van der Waals surface area contributed by atoms with Crippen LogP contribution < -0.4 is 0 Å². The summed E-state index contributed by atoms with van der Waals surface area (Å²) in [7, 11) is 0. The lowest BCUT2D eigenvalue weighted by atomic mass is 9.95. The third-order valence-electron chi connectivity index (χ3n) is 6.89. The van der Waals surface area contributed by atoms with Crippen molar-refractivity contribution >= 4 is 0 Å². The summed E-state index contributed by atoms with van der Waals surface area (Å²) in [5, 5.41) is 0. The molecule has 0 atom stereocenters. The van der Waals surface area contributed by atoms with Gasteiger partial charge in [-0.25, -0.2) is 13.2 Å². The molecule has 39 heavy (non-hydrogen) atoms. The van der Waals surface area contributed by atoms with E-state index in [1.807, 2.05) is 52.0 Å². The zero-order valence-corrected chi connectivity index (χ0v) is 26.3. The van der Waals surface area contributed by atoms with Crippen molar-refractivity contribution in [2.24, 2.45) is 0 Å². The van der Waals surface area contributed by atoms with E-state index in [1.54, 1.807) is 24.3 Å². The first kappa shape index (κ1) is 34.5. The van der Waals surface area contributed by atoms with Crippen LogP contribution in [-0.2, 0) is 0 Å². The minimum atomic E-state index is -0.116. The molecule has 216 valence electrons. The van der Waals surface area contributed by atoms with Gasteiger partial charge >= 0.3 is 0 Å². The monoisotopic (exact) mass is 540 g/mol. The summed E-state index contributed by atoms with van der Waals surface area (Å²) in [6.45, 7) is 24.9. The Hall–Kier alpha value is -2.55. The molecule has 0 bridgehead atoms. The zero-order valence-electron chi connectivity index (χ0n) is 26.3. The van der Waals surface area contributed by atoms with Crippen molar-refractivity contribution in [1.29, 1.82) is 0 Å². The molecule has 3 aromatic rings. The quantitative estimate of drug-likeness (QED) is 0.292. The summed E-state index contributed by atoms with van der Waals surface area (Å²) in [5.74, 6) is 1.98. The fourth-order valence-electron chi connectivity index (χ4n) is 4.03. The van der Waals surface area contributed by atoms with Crippen molar-refractivity contribution in [3.63, 3.8) is 0 Å². The Bertz CT molecular complexity index is 1070. The first-order chi connectivity index (χ1) is 18.0. The van der Waals surface area contributed by atoms with Gasteiger partial charge < -0.3 is 0 Å². The molecule has 0 aromatic heterocycles. The molecule has 3 aromatic carbocycles. The second-order valence-electron chi connectivity index (χ2n) is 12.3. The molecule has 0 aliphatic rings. The second kappa shape index (κ2) is 15.9. The lowest BCUT2D eigenvalue weighted by molar-refractivity contribution is 0.596. The Kier molecular flexibility index (Phi) is 14.1. The van der Waals surface area contributed by atoms with E-state index in [2.05, 4.69) is 61.5 Å². The Morgan fingerprint density at radius 2 is 0.667 bits per heavy atom. The maximum atomic E-state index is 13.3. The summed E-state index contributed by atoms with van der Waals surface area (Å²) >= 11 is 0. The SMILES string of the molecule is CC(C)c1cc(F)cc(C(C)C)c1.CC(C)c1ccc(F)c(C(C)C)c1.CC(C)c1ccc(F)c(C(C)C)c1. The third-order valence-corrected chi connectivity index (χ3v) is 6.89. The van der Waals surface area contributed by atoms with Gasteiger partial charge in [0.2, 0.25) is 0 Å². The van der Waals surface area contributed by atoms with Gasteiger partial charge in [-0.1, -0.05) is 113 Å². The first-order valence-electron chi connectivity index (χ1n) is 14.4. The van der Waals surface area contributed by atoms with E-state index in [4.69, 9.17) is 0 Å². The van der Waals surface area contributed by atoms with Gasteiger partial charge in [-0.05, 0) is 93.2 Å². The van der Waals surface area contributed by atoms with Crippen LogP contribution in [0.2, 0.25) is 0 Å². The predicted octanol–water partition coefficient (Wildman–Crippen LogP) is 12.2. The fourth-order valence-corrected chi connectivity index (χ4v) is 4.03. The zero-order chi connectivity index (χ0) is 30.0. The lowest BCUT2D eigenvalue weighted by Crippen LogP contribution is -1.96.